The van der Waals surface area contributed by atoms with E-state index in [0.29, 0.717) is 12.8 Å². The van der Waals surface area contributed by atoms with Crippen molar-refractivity contribution in [1.82, 2.24) is 5.43 Å². The highest BCUT2D eigenvalue weighted by Gasteiger charge is 2.31. The van der Waals surface area contributed by atoms with E-state index in [1.165, 1.54) is 12.1 Å². The highest BCUT2D eigenvalue weighted by atomic mass is 19.1. The van der Waals surface area contributed by atoms with Crippen LogP contribution in [0.1, 0.15) is 38.5 Å². The van der Waals surface area contributed by atoms with E-state index in [0.717, 1.165) is 19.3 Å². The Morgan fingerprint density at radius 3 is 2.63 bits per heavy atom. The maximum Gasteiger partial charge on any atom is 0.241 e. The molecule has 0 spiro atoms. The van der Waals surface area contributed by atoms with Crippen molar-refractivity contribution in [3.63, 3.8) is 0 Å². The first kappa shape index (κ1) is 13.8. The highest BCUT2D eigenvalue weighted by Crippen LogP contribution is 2.30. The van der Waals surface area contributed by atoms with E-state index in [1.54, 1.807) is 12.1 Å². The average Bonchev–Trinajstić information content (AvgIpc) is 2.38. The van der Waals surface area contributed by atoms with E-state index in [1.807, 2.05) is 0 Å². The van der Waals surface area contributed by atoms with Crippen molar-refractivity contribution in [2.24, 2.45) is 0 Å². The van der Waals surface area contributed by atoms with Crippen molar-refractivity contribution in [2.75, 3.05) is 5.43 Å². The zero-order valence-corrected chi connectivity index (χ0v) is 10.8. The van der Waals surface area contributed by atoms with Crippen LogP contribution in [-0.4, -0.2) is 16.6 Å². The molecule has 0 saturated heterocycles. The number of anilines is 1. The molecule has 2 rings (SSSR count). The molecule has 0 bridgehead atoms. The molecular formula is C14H19FN2O2. The number of hydrogen-bond acceptors (Lipinski definition) is 3. The molecule has 19 heavy (non-hydrogen) atoms. The summed E-state index contributed by atoms with van der Waals surface area (Å²) in [6.07, 6.45) is 4.36. The van der Waals surface area contributed by atoms with Gasteiger partial charge in [-0.1, -0.05) is 31.4 Å². The van der Waals surface area contributed by atoms with E-state index < -0.39 is 11.4 Å². The molecule has 0 radical (unpaired) electrons. The van der Waals surface area contributed by atoms with Gasteiger partial charge in [0.2, 0.25) is 5.91 Å². The zero-order chi connectivity index (χ0) is 13.7. The van der Waals surface area contributed by atoms with Crippen molar-refractivity contribution >= 4 is 11.6 Å². The van der Waals surface area contributed by atoms with Crippen LogP contribution in [0.25, 0.3) is 0 Å². The van der Waals surface area contributed by atoms with Crippen LogP contribution < -0.4 is 10.9 Å². The first-order valence-electron chi connectivity index (χ1n) is 6.61. The first-order valence-corrected chi connectivity index (χ1v) is 6.61. The van der Waals surface area contributed by atoms with Gasteiger partial charge >= 0.3 is 0 Å². The normalized spacial score (nSPS) is 17.8. The van der Waals surface area contributed by atoms with Gasteiger partial charge in [0.25, 0.3) is 0 Å². The summed E-state index contributed by atoms with van der Waals surface area (Å²) in [5.41, 5.74) is 4.27. The fraction of sp³-hybridized carbons (Fsp3) is 0.500. The van der Waals surface area contributed by atoms with E-state index in [4.69, 9.17) is 0 Å². The molecule has 0 heterocycles. The molecule has 0 aliphatic heterocycles. The van der Waals surface area contributed by atoms with Gasteiger partial charge in [0.05, 0.1) is 17.7 Å². The smallest absolute Gasteiger partial charge is 0.241 e. The predicted octanol–water partition coefficient (Wildman–Crippen LogP) is 2.35. The number of rotatable bonds is 4. The number of carbonyl (C=O) groups is 1. The Morgan fingerprint density at radius 1 is 1.26 bits per heavy atom. The minimum atomic E-state index is -0.904. The van der Waals surface area contributed by atoms with Crippen LogP contribution in [0.4, 0.5) is 10.1 Å². The Morgan fingerprint density at radius 2 is 1.95 bits per heavy atom. The summed E-state index contributed by atoms with van der Waals surface area (Å²) in [7, 11) is 0. The monoisotopic (exact) mass is 266 g/mol. The Bertz CT molecular complexity index is 445. The zero-order valence-electron chi connectivity index (χ0n) is 10.8. The molecule has 5 heteroatoms. The van der Waals surface area contributed by atoms with E-state index in [9.17, 15) is 14.3 Å². The van der Waals surface area contributed by atoms with Gasteiger partial charge in [-0.2, -0.15) is 0 Å². The third-order valence-electron chi connectivity index (χ3n) is 3.48. The number of carbonyl (C=O) groups excluding carboxylic acids is 1. The molecule has 3 N–H and O–H groups in total. The van der Waals surface area contributed by atoms with Gasteiger partial charge in [-0.15, -0.1) is 0 Å². The first-order chi connectivity index (χ1) is 9.09. The molecule has 1 aliphatic carbocycles. The number of para-hydroxylation sites is 1. The number of amides is 1. The largest absolute Gasteiger partial charge is 0.389 e. The quantitative estimate of drug-likeness (QED) is 0.733. The van der Waals surface area contributed by atoms with E-state index in [2.05, 4.69) is 10.9 Å². The summed E-state index contributed by atoms with van der Waals surface area (Å²) >= 11 is 0. The molecule has 1 aliphatic rings. The van der Waals surface area contributed by atoms with Gasteiger partial charge in [0, 0.05) is 0 Å². The van der Waals surface area contributed by atoms with Crippen molar-refractivity contribution in [2.45, 2.75) is 44.1 Å². The molecule has 0 aromatic heterocycles. The lowest BCUT2D eigenvalue weighted by Gasteiger charge is -2.31. The molecule has 104 valence electrons. The fourth-order valence-electron chi connectivity index (χ4n) is 2.43. The average molecular weight is 266 g/mol. The van der Waals surface area contributed by atoms with Gasteiger partial charge in [0.15, 0.2) is 0 Å². The molecule has 1 saturated carbocycles. The lowest BCUT2D eigenvalue weighted by atomic mass is 9.82. The van der Waals surface area contributed by atoms with E-state index >= 15 is 0 Å². The minimum absolute atomic E-state index is 0.0501. The fourth-order valence-corrected chi connectivity index (χ4v) is 2.43. The Labute approximate surface area is 112 Å². The standard InChI is InChI=1S/C14H19FN2O2/c15-11-6-2-3-7-12(11)16-17-13(18)10-14(19)8-4-1-5-9-14/h2-3,6-7,16,19H,1,4-5,8-10H2,(H,17,18). The van der Waals surface area contributed by atoms with Crippen LogP contribution in [0.15, 0.2) is 24.3 Å². The van der Waals surface area contributed by atoms with Crippen molar-refractivity contribution in [1.29, 1.82) is 0 Å². The van der Waals surface area contributed by atoms with Crippen LogP contribution >= 0.6 is 0 Å². The van der Waals surface area contributed by atoms with Crippen molar-refractivity contribution in [3.05, 3.63) is 30.1 Å². The van der Waals surface area contributed by atoms with Crippen LogP contribution in [0.3, 0.4) is 0 Å². The summed E-state index contributed by atoms with van der Waals surface area (Å²) in [5.74, 6) is -0.758. The third-order valence-corrected chi connectivity index (χ3v) is 3.48. The highest BCUT2D eigenvalue weighted by molar-refractivity contribution is 5.78. The van der Waals surface area contributed by atoms with Gasteiger partial charge < -0.3 is 5.11 Å². The lowest BCUT2D eigenvalue weighted by Crippen LogP contribution is -2.40. The second kappa shape index (κ2) is 6.02. The number of nitrogens with one attached hydrogen (secondary N) is 2. The summed E-state index contributed by atoms with van der Waals surface area (Å²) in [6.45, 7) is 0. The summed E-state index contributed by atoms with van der Waals surface area (Å²) < 4.78 is 13.3. The molecule has 0 atom stereocenters. The predicted molar refractivity (Wildman–Crippen MR) is 70.8 cm³/mol. The number of benzene rings is 1. The SMILES string of the molecule is O=C(CC1(O)CCCCC1)NNc1ccccc1F. The number of halogens is 1. The Kier molecular flexibility index (Phi) is 4.37. The minimum Gasteiger partial charge on any atom is -0.389 e. The lowest BCUT2D eigenvalue weighted by molar-refractivity contribution is -0.126. The maximum absolute atomic E-state index is 13.3. The van der Waals surface area contributed by atoms with E-state index in [-0.39, 0.29) is 18.0 Å². The second-order valence-corrected chi connectivity index (χ2v) is 5.11. The molecule has 1 amide bonds. The van der Waals surface area contributed by atoms with Crippen LogP contribution in [0.2, 0.25) is 0 Å². The Hall–Kier alpha value is -1.62. The molecule has 1 aromatic rings. The summed E-state index contributed by atoms with van der Waals surface area (Å²) in [6, 6.07) is 6.09. The van der Waals surface area contributed by atoms with Crippen LogP contribution in [0, 0.1) is 5.82 Å². The van der Waals surface area contributed by atoms with Crippen LogP contribution in [0.5, 0.6) is 0 Å². The summed E-state index contributed by atoms with van der Waals surface area (Å²) in [4.78, 5) is 11.7. The van der Waals surface area contributed by atoms with Gasteiger partial charge in [-0.05, 0) is 25.0 Å². The summed E-state index contributed by atoms with van der Waals surface area (Å²) in [5, 5.41) is 10.2. The Balaban J connectivity index is 1.83. The van der Waals surface area contributed by atoms with Crippen molar-refractivity contribution < 1.29 is 14.3 Å². The van der Waals surface area contributed by atoms with Crippen LogP contribution in [-0.2, 0) is 4.79 Å². The third kappa shape index (κ3) is 3.92. The topological polar surface area (TPSA) is 61.4 Å². The molecule has 1 aromatic carbocycles. The molecular weight excluding hydrogens is 247 g/mol. The maximum atomic E-state index is 13.3. The number of hydrogen-bond donors (Lipinski definition) is 3. The second-order valence-electron chi connectivity index (χ2n) is 5.11. The molecule has 0 unspecified atom stereocenters. The molecule has 4 nitrogen and oxygen atoms in total. The number of aliphatic hydroxyl groups is 1. The molecule has 1 fully saturated rings. The van der Waals surface area contributed by atoms with Gasteiger partial charge in [0.1, 0.15) is 5.82 Å². The van der Waals surface area contributed by atoms with Gasteiger partial charge in [-0.25, -0.2) is 4.39 Å². The van der Waals surface area contributed by atoms with Crippen molar-refractivity contribution in [3.8, 4) is 0 Å². The number of hydrazine groups is 1. The van der Waals surface area contributed by atoms with Gasteiger partial charge in [-0.3, -0.25) is 15.6 Å².